The average Bonchev–Trinajstić information content (AvgIpc) is 2.09. The SMILES string of the molecule is CN[C@@H]1C(=O)N[C@H](C)[C@H]1C. The van der Waals surface area contributed by atoms with Crippen molar-refractivity contribution in [2.24, 2.45) is 5.92 Å². The summed E-state index contributed by atoms with van der Waals surface area (Å²) in [5.41, 5.74) is 0. The van der Waals surface area contributed by atoms with E-state index in [1.807, 2.05) is 14.0 Å². The van der Waals surface area contributed by atoms with Crippen molar-refractivity contribution in [2.75, 3.05) is 7.05 Å². The number of hydrogen-bond donors (Lipinski definition) is 2. The Kier molecular flexibility index (Phi) is 1.94. The van der Waals surface area contributed by atoms with Gasteiger partial charge in [0.1, 0.15) is 0 Å². The van der Waals surface area contributed by atoms with E-state index < -0.39 is 0 Å². The first-order valence-corrected chi connectivity index (χ1v) is 3.64. The van der Waals surface area contributed by atoms with E-state index in [0.29, 0.717) is 12.0 Å². The van der Waals surface area contributed by atoms with Gasteiger partial charge in [0.2, 0.25) is 5.91 Å². The monoisotopic (exact) mass is 142 g/mol. The predicted octanol–water partition coefficient (Wildman–Crippen LogP) is -0.271. The van der Waals surface area contributed by atoms with Gasteiger partial charge in [0.25, 0.3) is 0 Å². The van der Waals surface area contributed by atoms with Gasteiger partial charge in [-0.3, -0.25) is 4.79 Å². The third-order valence-electron chi connectivity index (χ3n) is 2.28. The summed E-state index contributed by atoms with van der Waals surface area (Å²) >= 11 is 0. The predicted molar refractivity (Wildman–Crippen MR) is 39.6 cm³/mol. The first kappa shape index (κ1) is 7.54. The summed E-state index contributed by atoms with van der Waals surface area (Å²) in [6, 6.07) is 0.319. The fourth-order valence-corrected chi connectivity index (χ4v) is 1.37. The molecule has 0 aromatic heterocycles. The minimum Gasteiger partial charge on any atom is -0.352 e. The van der Waals surface area contributed by atoms with Crippen molar-refractivity contribution >= 4 is 5.91 Å². The second-order valence-corrected chi connectivity index (χ2v) is 2.92. The van der Waals surface area contributed by atoms with Crippen LogP contribution >= 0.6 is 0 Å². The van der Waals surface area contributed by atoms with Crippen molar-refractivity contribution in [3.63, 3.8) is 0 Å². The Hall–Kier alpha value is -0.570. The highest BCUT2D eigenvalue weighted by molar-refractivity contribution is 5.84. The quantitative estimate of drug-likeness (QED) is 0.529. The first-order chi connectivity index (χ1) is 4.66. The molecule has 1 aliphatic heterocycles. The molecule has 10 heavy (non-hydrogen) atoms. The minimum absolute atomic E-state index is 0.00926. The molecule has 0 aromatic rings. The Labute approximate surface area is 61.2 Å². The van der Waals surface area contributed by atoms with E-state index in [2.05, 4.69) is 17.6 Å². The van der Waals surface area contributed by atoms with Crippen LogP contribution in [0.4, 0.5) is 0 Å². The molecule has 0 saturated carbocycles. The van der Waals surface area contributed by atoms with Gasteiger partial charge in [-0.05, 0) is 14.0 Å². The lowest BCUT2D eigenvalue weighted by Crippen LogP contribution is -2.36. The lowest BCUT2D eigenvalue weighted by atomic mass is 10.0. The second-order valence-electron chi connectivity index (χ2n) is 2.92. The number of carbonyl (C=O) groups excluding carboxylic acids is 1. The highest BCUT2D eigenvalue weighted by atomic mass is 16.2. The molecule has 0 unspecified atom stereocenters. The van der Waals surface area contributed by atoms with Crippen molar-refractivity contribution in [1.82, 2.24) is 10.6 Å². The maximum Gasteiger partial charge on any atom is 0.237 e. The molecule has 2 N–H and O–H groups in total. The first-order valence-electron chi connectivity index (χ1n) is 3.64. The minimum atomic E-state index is 0.00926. The van der Waals surface area contributed by atoms with E-state index in [0.717, 1.165) is 0 Å². The van der Waals surface area contributed by atoms with Crippen LogP contribution in [0.2, 0.25) is 0 Å². The van der Waals surface area contributed by atoms with Crippen molar-refractivity contribution < 1.29 is 4.79 Å². The molecule has 3 atom stereocenters. The molecule has 1 amide bonds. The van der Waals surface area contributed by atoms with Gasteiger partial charge in [0, 0.05) is 12.0 Å². The fourth-order valence-electron chi connectivity index (χ4n) is 1.37. The summed E-state index contributed by atoms with van der Waals surface area (Å²) in [6.45, 7) is 4.10. The van der Waals surface area contributed by atoms with Gasteiger partial charge in [-0.1, -0.05) is 6.92 Å². The summed E-state index contributed by atoms with van der Waals surface area (Å²) in [5.74, 6) is 0.528. The molecule has 3 heteroatoms. The van der Waals surface area contributed by atoms with Gasteiger partial charge >= 0.3 is 0 Å². The van der Waals surface area contributed by atoms with E-state index in [4.69, 9.17) is 0 Å². The van der Waals surface area contributed by atoms with E-state index in [1.54, 1.807) is 0 Å². The van der Waals surface area contributed by atoms with Crippen LogP contribution in [0.15, 0.2) is 0 Å². The smallest absolute Gasteiger partial charge is 0.237 e. The molecule has 1 heterocycles. The summed E-state index contributed by atoms with van der Waals surface area (Å²) < 4.78 is 0. The molecule has 0 bridgehead atoms. The second kappa shape index (κ2) is 2.58. The van der Waals surface area contributed by atoms with Crippen LogP contribution in [0, 0.1) is 5.92 Å². The standard InChI is InChI=1S/C7H14N2O/c1-4-5(2)9-7(10)6(4)8-3/h4-6,8H,1-3H3,(H,9,10)/t4-,5-,6+/m1/s1. The molecule has 0 radical (unpaired) electrons. The van der Waals surface area contributed by atoms with Crippen LogP contribution in [0.3, 0.4) is 0 Å². The van der Waals surface area contributed by atoms with E-state index in [1.165, 1.54) is 0 Å². The molecular formula is C7H14N2O. The van der Waals surface area contributed by atoms with Gasteiger partial charge < -0.3 is 10.6 Å². The summed E-state index contributed by atoms with van der Waals surface area (Å²) in [5, 5.41) is 5.85. The maximum atomic E-state index is 11.1. The van der Waals surface area contributed by atoms with Crippen molar-refractivity contribution in [2.45, 2.75) is 25.9 Å². The zero-order chi connectivity index (χ0) is 7.72. The van der Waals surface area contributed by atoms with Crippen LogP contribution in [0.5, 0.6) is 0 Å². The number of carbonyl (C=O) groups is 1. The molecule has 0 aliphatic carbocycles. The maximum absolute atomic E-state index is 11.1. The highest BCUT2D eigenvalue weighted by Crippen LogP contribution is 2.15. The van der Waals surface area contributed by atoms with Crippen LogP contribution < -0.4 is 10.6 Å². The molecule has 1 fully saturated rings. The molecule has 1 aliphatic rings. The van der Waals surface area contributed by atoms with Gasteiger partial charge in [-0.2, -0.15) is 0 Å². The van der Waals surface area contributed by atoms with Gasteiger partial charge in [0.05, 0.1) is 6.04 Å². The molecule has 58 valence electrons. The molecule has 0 spiro atoms. The van der Waals surface area contributed by atoms with Gasteiger partial charge in [-0.25, -0.2) is 0 Å². The molecule has 1 saturated heterocycles. The number of likely N-dealkylation sites (N-methyl/N-ethyl adjacent to an activating group) is 1. The third kappa shape index (κ3) is 1.01. The summed E-state index contributed by atoms with van der Waals surface area (Å²) in [6.07, 6.45) is 0. The van der Waals surface area contributed by atoms with Crippen molar-refractivity contribution in [3.05, 3.63) is 0 Å². The Balaban J connectivity index is 2.64. The fraction of sp³-hybridized carbons (Fsp3) is 0.857. The number of rotatable bonds is 1. The number of hydrogen-bond acceptors (Lipinski definition) is 2. The average molecular weight is 142 g/mol. The highest BCUT2D eigenvalue weighted by Gasteiger charge is 2.35. The van der Waals surface area contributed by atoms with Crippen molar-refractivity contribution in [3.8, 4) is 0 Å². The molecule has 0 aromatic carbocycles. The summed E-state index contributed by atoms with van der Waals surface area (Å²) in [4.78, 5) is 11.1. The Bertz CT molecular complexity index is 147. The zero-order valence-corrected chi connectivity index (χ0v) is 6.64. The van der Waals surface area contributed by atoms with Crippen LogP contribution in [-0.4, -0.2) is 25.0 Å². The van der Waals surface area contributed by atoms with Gasteiger partial charge in [-0.15, -0.1) is 0 Å². The van der Waals surface area contributed by atoms with Crippen LogP contribution in [-0.2, 0) is 4.79 Å². The lowest BCUT2D eigenvalue weighted by Gasteiger charge is -2.12. The molecular weight excluding hydrogens is 128 g/mol. The van der Waals surface area contributed by atoms with Gasteiger partial charge in [0.15, 0.2) is 0 Å². The number of nitrogens with one attached hydrogen (secondary N) is 2. The lowest BCUT2D eigenvalue weighted by molar-refractivity contribution is -0.121. The number of amides is 1. The largest absolute Gasteiger partial charge is 0.352 e. The molecule has 3 nitrogen and oxygen atoms in total. The topological polar surface area (TPSA) is 41.1 Å². The van der Waals surface area contributed by atoms with Crippen LogP contribution in [0.25, 0.3) is 0 Å². The Morgan fingerprint density at radius 3 is 2.30 bits per heavy atom. The van der Waals surface area contributed by atoms with Crippen molar-refractivity contribution in [1.29, 1.82) is 0 Å². The van der Waals surface area contributed by atoms with E-state index in [-0.39, 0.29) is 11.9 Å². The zero-order valence-electron chi connectivity index (χ0n) is 6.64. The third-order valence-corrected chi connectivity index (χ3v) is 2.28. The van der Waals surface area contributed by atoms with E-state index >= 15 is 0 Å². The Morgan fingerprint density at radius 1 is 1.50 bits per heavy atom. The summed E-state index contributed by atoms with van der Waals surface area (Å²) in [7, 11) is 1.82. The van der Waals surface area contributed by atoms with Crippen LogP contribution in [0.1, 0.15) is 13.8 Å². The van der Waals surface area contributed by atoms with E-state index in [9.17, 15) is 4.79 Å². The Morgan fingerprint density at radius 2 is 2.10 bits per heavy atom. The normalized spacial score (nSPS) is 39.9. The molecule has 1 rings (SSSR count).